The van der Waals surface area contributed by atoms with Gasteiger partial charge in [-0.2, -0.15) is 0 Å². The van der Waals surface area contributed by atoms with Crippen molar-refractivity contribution in [3.63, 3.8) is 0 Å². The summed E-state index contributed by atoms with van der Waals surface area (Å²) < 4.78 is 12.9. The highest BCUT2D eigenvalue weighted by Gasteiger charge is 2.01. The van der Waals surface area contributed by atoms with Gasteiger partial charge in [-0.1, -0.05) is 6.07 Å². The van der Waals surface area contributed by atoms with Crippen LogP contribution in [-0.2, 0) is 6.54 Å². The highest BCUT2D eigenvalue weighted by molar-refractivity contribution is 7.98. The van der Waals surface area contributed by atoms with E-state index in [1.165, 1.54) is 17.8 Å². The number of benzene rings is 1. The lowest BCUT2D eigenvalue weighted by Crippen LogP contribution is -2.06. The molecular formula is C8H10FNOS. The molecule has 0 amide bonds. The van der Waals surface area contributed by atoms with E-state index in [9.17, 15) is 4.39 Å². The summed E-state index contributed by atoms with van der Waals surface area (Å²) in [6.07, 6.45) is 1.81. The van der Waals surface area contributed by atoms with Crippen molar-refractivity contribution in [3.05, 3.63) is 29.6 Å². The molecule has 0 bridgehead atoms. The minimum atomic E-state index is -0.218. The molecule has 0 unspecified atom stereocenters. The van der Waals surface area contributed by atoms with Crippen molar-refractivity contribution in [3.8, 4) is 0 Å². The third-order valence-electron chi connectivity index (χ3n) is 1.50. The van der Waals surface area contributed by atoms with Gasteiger partial charge in [-0.25, -0.2) is 9.87 Å². The van der Waals surface area contributed by atoms with Crippen LogP contribution in [-0.4, -0.2) is 11.5 Å². The number of thioether (sulfide) groups is 1. The first kappa shape index (κ1) is 9.51. The molecule has 66 valence electrons. The Morgan fingerprint density at radius 2 is 2.33 bits per heavy atom. The van der Waals surface area contributed by atoms with Crippen molar-refractivity contribution in [1.82, 2.24) is 5.48 Å². The van der Waals surface area contributed by atoms with E-state index in [1.807, 2.05) is 11.7 Å². The molecule has 0 fully saturated rings. The number of halogens is 1. The smallest absolute Gasteiger partial charge is 0.136 e. The number of hydroxylamine groups is 1. The van der Waals surface area contributed by atoms with Crippen molar-refractivity contribution < 1.29 is 9.60 Å². The maximum atomic E-state index is 12.9. The maximum absolute atomic E-state index is 12.9. The van der Waals surface area contributed by atoms with Crippen molar-refractivity contribution >= 4 is 11.8 Å². The second-order valence-electron chi connectivity index (χ2n) is 2.30. The van der Waals surface area contributed by atoms with Gasteiger partial charge in [0.1, 0.15) is 5.82 Å². The standard InChI is InChI=1S/C8H10FNOS/c1-12-8-4-6(5-10-11)2-3-7(8)9/h2-4,10-11H,5H2,1H3. The molecule has 2 N–H and O–H groups in total. The fourth-order valence-electron chi connectivity index (χ4n) is 0.905. The molecule has 2 nitrogen and oxygen atoms in total. The summed E-state index contributed by atoms with van der Waals surface area (Å²) in [6.45, 7) is 0.341. The van der Waals surface area contributed by atoms with Gasteiger partial charge in [0.05, 0.1) is 0 Å². The predicted molar refractivity (Wildman–Crippen MR) is 46.8 cm³/mol. The Bertz CT molecular complexity index is 267. The fraction of sp³-hybridized carbons (Fsp3) is 0.250. The minimum Gasteiger partial charge on any atom is -0.316 e. The molecule has 0 aliphatic heterocycles. The molecular weight excluding hydrogens is 177 g/mol. The maximum Gasteiger partial charge on any atom is 0.136 e. The topological polar surface area (TPSA) is 32.3 Å². The van der Waals surface area contributed by atoms with Crippen LogP contribution in [0.25, 0.3) is 0 Å². The zero-order chi connectivity index (χ0) is 8.97. The Morgan fingerprint density at radius 3 is 2.92 bits per heavy atom. The molecule has 4 heteroatoms. The molecule has 0 aliphatic rings. The van der Waals surface area contributed by atoms with E-state index in [-0.39, 0.29) is 5.82 Å². The Kier molecular flexibility index (Phi) is 3.52. The first-order valence-corrected chi connectivity index (χ1v) is 4.69. The summed E-state index contributed by atoms with van der Waals surface area (Å²) in [4.78, 5) is 0.600. The third kappa shape index (κ3) is 2.20. The van der Waals surface area contributed by atoms with Gasteiger partial charge < -0.3 is 5.21 Å². The van der Waals surface area contributed by atoms with Crippen molar-refractivity contribution in [2.45, 2.75) is 11.4 Å². The van der Waals surface area contributed by atoms with Crippen LogP contribution < -0.4 is 5.48 Å². The van der Waals surface area contributed by atoms with Gasteiger partial charge in [0.2, 0.25) is 0 Å². The zero-order valence-electron chi connectivity index (χ0n) is 6.67. The summed E-state index contributed by atoms with van der Waals surface area (Å²) in [5.41, 5.74) is 2.89. The largest absolute Gasteiger partial charge is 0.316 e. The van der Waals surface area contributed by atoms with Gasteiger partial charge >= 0.3 is 0 Å². The number of hydrogen-bond acceptors (Lipinski definition) is 3. The Labute approximate surface area is 74.7 Å². The van der Waals surface area contributed by atoms with Crippen LogP contribution in [0.1, 0.15) is 5.56 Å². The third-order valence-corrected chi connectivity index (χ3v) is 2.25. The number of hydrogen-bond donors (Lipinski definition) is 2. The van der Waals surface area contributed by atoms with Crippen LogP contribution in [0, 0.1) is 5.82 Å². The first-order chi connectivity index (χ1) is 5.77. The SMILES string of the molecule is CSc1cc(CNO)ccc1F. The minimum absolute atomic E-state index is 0.218. The zero-order valence-corrected chi connectivity index (χ0v) is 7.49. The van der Waals surface area contributed by atoms with E-state index in [0.29, 0.717) is 11.4 Å². The van der Waals surface area contributed by atoms with Gasteiger partial charge in [0.15, 0.2) is 0 Å². The molecule has 0 saturated carbocycles. The quantitative estimate of drug-likeness (QED) is 0.561. The molecule has 0 heterocycles. The van der Waals surface area contributed by atoms with Crippen molar-refractivity contribution in [1.29, 1.82) is 0 Å². The summed E-state index contributed by atoms with van der Waals surface area (Å²) in [6, 6.07) is 4.75. The van der Waals surface area contributed by atoms with E-state index < -0.39 is 0 Å². The van der Waals surface area contributed by atoms with Gasteiger partial charge in [-0.3, -0.25) is 0 Å². The lowest BCUT2D eigenvalue weighted by molar-refractivity contribution is 0.161. The van der Waals surface area contributed by atoms with Gasteiger partial charge in [-0.05, 0) is 24.0 Å². The molecule has 0 atom stereocenters. The summed E-state index contributed by atoms with van der Waals surface area (Å²) in [5.74, 6) is -0.218. The first-order valence-electron chi connectivity index (χ1n) is 3.47. The summed E-state index contributed by atoms with van der Waals surface area (Å²) in [5, 5.41) is 8.40. The molecule has 0 radical (unpaired) electrons. The van der Waals surface area contributed by atoms with E-state index >= 15 is 0 Å². The van der Waals surface area contributed by atoms with Gasteiger partial charge in [0.25, 0.3) is 0 Å². The Morgan fingerprint density at radius 1 is 1.58 bits per heavy atom. The summed E-state index contributed by atoms with van der Waals surface area (Å²) in [7, 11) is 0. The van der Waals surface area contributed by atoms with Crippen molar-refractivity contribution in [2.24, 2.45) is 0 Å². The average molecular weight is 187 g/mol. The van der Waals surface area contributed by atoms with Crippen LogP contribution in [0.15, 0.2) is 23.1 Å². The van der Waals surface area contributed by atoms with Crippen LogP contribution in [0.5, 0.6) is 0 Å². The highest BCUT2D eigenvalue weighted by atomic mass is 32.2. The van der Waals surface area contributed by atoms with Crippen molar-refractivity contribution in [2.75, 3.05) is 6.26 Å². The molecule has 1 aromatic carbocycles. The highest BCUT2D eigenvalue weighted by Crippen LogP contribution is 2.20. The molecule has 1 aromatic rings. The van der Waals surface area contributed by atoms with Crippen LogP contribution in [0.2, 0.25) is 0 Å². The molecule has 0 saturated heterocycles. The van der Waals surface area contributed by atoms with Crippen LogP contribution >= 0.6 is 11.8 Å². The average Bonchev–Trinajstić information content (AvgIpc) is 2.09. The summed E-state index contributed by atoms with van der Waals surface area (Å²) >= 11 is 1.35. The van der Waals surface area contributed by atoms with Crippen LogP contribution in [0.3, 0.4) is 0 Å². The van der Waals surface area contributed by atoms with Gasteiger partial charge in [-0.15, -0.1) is 11.8 Å². The molecule has 0 spiro atoms. The van der Waals surface area contributed by atoms with E-state index in [1.54, 1.807) is 12.1 Å². The van der Waals surface area contributed by atoms with E-state index in [0.717, 1.165) is 5.56 Å². The lowest BCUT2D eigenvalue weighted by Gasteiger charge is -2.02. The second kappa shape index (κ2) is 4.45. The van der Waals surface area contributed by atoms with E-state index in [2.05, 4.69) is 0 Å². The second-order valence-corrected chi connectivity index (χ2v) is 3.15. The van der Waals surface area contributed by atoms with Crippen LogP contribution in [0.4, 0.5) is 4.39 Å². The normalized spacial score (nSPS) is 10.2. The number of rotatable bonds is 3. The molecule has 0 aliphatic carbocycles. The molecule has 12 heavy (non-hydrogen) atoms. The van der Waals surface area contributed by atoms with Gasteiger partial charge in [0, 0.05) is 11.4 Å². The Hall–Kier alpha value is -0.580. The lowest BCUT2D eigenvalue weighted by atomic mass is 10.2. The fourth-order valence-corrected chi connectivity index (χ4v) is 1.44. The van der Waals surface area contributed by atoms with E-state index in [4.69, 9.17) is 5.21 Å². The molecule has 1 rings (SSSR count). The number of nitrogens with one attached hydrogen (secondary N) is 1. The predicted octanol–water partition coefficient (Wildman–Crippen LogP) is 2.03. The Balaban J connectivity index is 2.89. The monoisotopic (exact) mass is 187 g/mol. The molecule has 0 aromatic heterocycles.